The molecule has 1 aliphatic rings. The van der Waals surface area contributed by atoms with E-state index in [1.807, 2.05) is 42.5 Å². The summed E-state index contributed by atoms with van der Waals surface area (Å²) >= 11 is 0. The zero-order chi connectivity index (χ0) is 20.9. The van der Waals surface area contributed by atoms with Crippen molar-refractivity contribution in [1.82, 2.24) is 0 Å². The van der Waals surface area contributed by atoms with Crippen LogP contribution in [-0.4, -0.2) is 22.0 Å². The Morgan fingerprint density at radius 2 is 1.50 bits per heavy atom. The van der Waals surface area contributed by atoms with E-state index in [0.29, 0.717) is 16.7 Å². The normalized spacial score (nSPS) is 17.4. The first kappa shape index (κ1) is 18.3. The summed E-state index contributed by atoms with van der Waals surface area (Å²) in [4.78, 5) is 25.0. The van der Waals surface area contributed by atoms with Gasteiger partial charge >= 0.3 is 5.97 Å². The summed E-state index contributed by atoms with van der Waals surface area (Å²) < 4.78 is 0. The number of hydrogen-bond acceptors (Lipinski definition) is 3. The lowest BCUT2D eigenvalue weighted by atomic mass is 9.70. The molecule has 1 aliphatic carbocycles. The lowest BCUT2D eigenvalue weighted by Crippen LogP contribution is -2.38. The molecule has 4 aromatic rings. The van der Waals surface area contributed by atoms with Crippen molar-refractivity contribution in [2.24, 2.45) is 0 Å². The summed E-state index contributed by atoms with van der Waals surface area (Å²) in [5.41, 5.74) is 0.510. The molecule has 0 aliphatic heterocycles. The van der Waals surface area contributed by atoms with Crippen molar-refractivity contribution in [3.8, 4) is 0 Å². The lowest BCUT2D eigenvalue weighted by Gasteiger charge is -2.36. The lowest BCUT2D eigenvalue weighted by molar-refractivity contribution is 0.0670. The topological polar surface area (TPSA) is 74.6 Å². The van der Waals surface area contributed by atoms with Gasteiger partial charge < -0.3 is 10.2 Å². The fourth-order valence-electron chi connectivity index (χ4n) is 4.48. The number of carbonyl (C=O) groups excluding carboxylic acids is 1. The van der Waals surface area contributed by atoms with Gasteiger partial charge in [-0.2, -0.15) is 0 Å². The van der Waals surface area contributed by atoms with E-state index in [4.69, 9.17) is 0 Å². The highest BCUT2D eigenvalue weighted by molar-refractivity contribution is 6.17. The molecule has 1 unspecified atom stereocenters. The van der Waals surface area contributed by atoms with E-state index in [1.165, 1.54) is 6.07 Å². The zero-order valence-electron chi connectivity index (χ0n) is 16.0. The number of aromatic carboxylic acids is 1. The predicted octanol–water partition coefficient (Wildman–Crippen LogP) is 4.56. The molecule has 4 nitrogen and oxygen atoms in total. The van der Waals surface area contributed by atoms with Gasteiger partial charge in [0.15, 0.2) is 5.78 Å². The van der Waals surface area contributed by atoms with Gasteiger partial charge in [-0.3, -0.25) is 4.79 Å². The first-order valence-corrected chi connectivity index (χ1v) is 9.70. The third-order valence-corrected chi connectivity index (χ3v) is 5.86. The standard InChI is InChI=1S/C26H18O4/c27-24-19-8-3-4-10-21(19)26(30,22-11-5-9-20(23(22)24)25(28)29)15-16-12-13-17-6-1-2-7-18(17)14-16/h1-14,30H,15H2,(H,28,29). The highest BCUT2D eigenvalue weighted by Gasteiger charge is 2.43. The number of benzene rings is 4. The minimum absolute atomic E-state index is 0.0620. The molecule has 0 spiro atoms. The number of carboxylic acid groups (broad SMARTS) is 1. The fourth-order valence-corrected chi connectivity index (χ4v) is 4.48. The Morgan fingerprint density at radius 3 is 2.30 bits per heavy atom. The van der Waals surface area contributed by atoms with Crippen LogP contribution in [0.3, 0.4) is 0 Å². The number of aliphatic hydroxyl groups is 1. The third-order valence-electron chi connectivity index (χ3n) is 5.86. The molecule has 0 bridgehead atoms. The van der Waals surface area contributed by atoms with Crippen LogP contribution in [0.2, 0.25) is 0 Å². The largest absolute Gasteiger partial charge is 0.478 e. The minimum atomic E-state index is -1.52. The van der Waals surface area contributed by atoms with Crippen LogP contribution < -0.4 is 0 Å². The van der Waals surface area contributed by atoms with E-state index in [2.05, 4.69) is 0 Å². The summed E-state index contributed by atoms with van der Waals surface area (Å²) in [5, 5.41) is 23.8. The predicted molar refractivity (Wildman–Crippen MR) is 114 cm³/mol. The Balaban J connectivity index is 1.74. The molecule has 0 amide bonds. The number of fused-ring (bicyclic) bond motifs is 3. The highest BCUT2D eigenvalue weighted by atomic mass is 16.4. The second kappa shape index (κ2) is 6.65. The molecule has 0 aromatic heterocycles. The molecule has 0 fully saturated rings. The summed E-state index contributed by atoms with van der Waals surface area (Å²) in [6.45, 7) is 0. The minimum Gasteiger partial charge on any atom is -0.478 e. The van der Waals surface area contributed by atoms with Crippen molar-refractivity contribution in [3.63, 3.8) is 0 Å². The molecule has 0 saturated carbocycles. The molecule has 4 heteroatoms. The van der Waals surface area contributed by atoms with Gasteiger partial charge in [0.25, 0.3) is 0 Å². The molecular formula is C26H18O4. The highest BCUT2D eigenvalue weighted by Crippen LogP contribution is 2.43. The third kappa shape index (κ3) is 2.65. The molecule has 2 N–H and O–H groups in total. The zero-order valence-corrected chi connectivity index (χ0v) is 16.0. The fraction of sp³-hybridized carbons (Fsp3) is 0.0769. The van der Waals surface area contributed by atoms with E-state index in [-0.39, 0.29) is 23.3 Å². The smallest absolute Gasteiger partial charge is 0.336 e. The van der Waals surface area contributed by atoms with Crippen molar-refractivity contribution >= 4 is 22.5 Å². The summed E-state index contributed by atoms with van der Waals surface area (Å²) in [5.74, 6) is -1.56. The van der Waals surface area contributed by atoms with Gasteiger partial charge in [0.05, 0.1) is 5.56 Å². The Morgan fingerprint density at radius 1 is 0.800 bits per heavy atom. The number of carbonyl (C=O) groups is 2. The molecule has 1 atom stereocenters. The Bertz CT molecular complexity index is 1340. The number of rotatable bonds is 3. The van der Waals surface area contributed by atoms with Gasteiger partial charge in [-0.25, -0.2) is 4.79 Å². The molecule has 0 heterocycles. The second-order valence-corrected chi connectivity index (χ2v) is 7.63. The summed E-state index contributed by atoms with van der Waals surface area (Å²) in [6.07, 6.45) is 0.220. The van der Waals surface area contributed by atoms with E-state index >= 15 is 0 Å². The van der Waals surface area contributed by atoms with E-state index in [0.717, 1.165) is 16.3 Å². The van der Waals surface area contributed by atoms with Crippen molar-refractivity contribution in [2.45, 2.75) is 12.0 Å². The van der Waals surface area contributed by atoms with Crippen LogP contribution in [0.25, 0.3) is 10.8 Å². The van der Waals surface area contributed by atoms with Gasteiger partial charge in [-0.1, -0.05) is 78.9 Å². The average Bonchev–Trinajstić information content (AvgIpc) is 2.77. The van der Waals surface area contributed by atoms with E-state index in [9.17, 15) is 19.8 Å². The number of carboxylic acids is 1. The Kier molecular flexibility index (Phi) is 4.05. The second-order valence-electron chi connectivity index (χ2n) is 7.63. The van der Waals surface area contributed by atoms with Crippen LogP contribution in [0.15, 0.2) is 84.9 Å². The van der Waals surface area contributed by atoms with E-state index in [1.54, 1.807) is 36.4 Å². The van der Waals surface area contributed by atoms with Crippen LogP contribution in [0.4, 0.5) is 0 Å². The van der Waals surface area contributed by atoms with Gasteiger partial charge in [0.1, 0.15) is 5.60 Å². The van der Waals surface area contributed by atoms with Gasteiger partial charge in [0, 0.05) is 23.1 Å². The molecule has 0 saturated heterocycles. The van der Waals surface area contributed by atoms with E-state index < -0.39 is 11.6 Å². The maximum absolute atomic E-state index is 13.2. The number of hydrogen-bond donors (Lipinski definition) is 2. The maximum atomic E-state index is 13.2. The first-order valence-electron chi connectivity index (χ1n) is 9.70. The molecule has 4 aromatic carbocycles. The SMILES string of the molecule is O=C(O)c1cccc2c1C(=O)c1ccccc1C2(O)Cc1ccc2ccccc2c1. The average molecular weight is 394 g/mol. The Hall–Kier alpha value is -3.76. The quantitative estimate of drug-likeness (QED) is 0.534. The monoisotopic (exact) mass is 394 g/mol. The van der Waals surface area contributed by atoms with Gasteiger partial charge in [-0.15, -0.1) is 0 Å². The van der Waals surface area contributed by atoms with Crippen LogP contribution in [0, 0.1) is 0 Å². The van der Waals surface area contributed by atoms with Crippen LogP contribution in [0.1, 0.15) is 43.0 Å². The molecule has 146 valence electrons. The van der Waals surface area contributed by atoms with Crippen LogP contribution in [-0.2, 0) is 12.0 Å². The van der Waals surface area contributed by atoms with Gasteiger partial charge in [0.2, 0.25) is 0 Å². The molecule has 5 rings (SSSR count). The molecule has 0 radical (unpaired) electrons. The van der Waals surface area contributed by atoms with Gasteiger partial charge in [-0.05, 0) is 28.0 Å². The van der Waals surface area contributed by atoms with Crippen molar-refractivity contribution in [3.05, 3.63) is 118 Å². The Labute approximate surface area is 173 Å². The maximum Gasteiger partial charge on any atom is 0.336 e. The van der Waals surface area contributed by atoms with Crippen molar-refractivity contribution in [2.75, 3.05) is 0 Å². The number of ketones is 1. The first-order chi connectivity index (χ1) is 14.5. The van der Waals surface area contributed by atoms with Crippen LogP contribution >= 0.6 is 0 Å². The van der Waals surface area contributed by atoms with Crippen molar-refractivity contribution in [1.29, 1.82) is 0 Å². The summed E-state index contributed by atoms with van der Waals surface area (Å²) in [7, 11) is 0. The summed E-state index contributed by atoms with van der Waals surface area (Å²) in [6, 6.07) is 25.5. The van der Waals surface area contributed by atoms with Crippen LogP contribution in [0.5, 0.6) is 0 Å². The molecular weight excluding hydrogens is 376 g/mol. The molecule has 30 heavy (non-hydrogen) atoms. The van der Waals surface area contributed by atoms with Crippen molar-refractivity contribution < 1.29 is 19.8 Å².